The predicted molar refractivity (Wildman–Crippen MR) is 122 cm³/mol. The van der Waals surface area contributed by atoms with E-state index in [-0.39, 0.29) is 30.4 Å². The SMILES string of the molecule is C=CC(=O)N1CC(n2nc(C#Cc3cc(OC)cc(OC)c3)c3c(N)ncnc32)C[C@H]1CO. The van der Waals surface area contributed by atoms with Gasteiger partial charge >= 0.3 is 0 Å². The van der Waals surface area contributed by atoms with Crippen molar-refractivity contribution in [2.75, 3.05) is 33.1 Å². The molecule has 1 fully saturated rings. The molecule has 1 aromatic carbocycles. The number of hydrogen-bond donors (Lipinski definition) is 2. The van der Waals surface area contributed by atoms with Crippen LogP contribution in [0.5, 0.6) is 11.5 Å². The van der Waals surface area contributed by atoms with Crippen molar-refractivity contribution in [3.63, 3.8) is 0 Å². The number of aromatic nitrogens is 4. The van der Waals surface area contributed by atoms with Crippen LogP contribution in [0.3, 0.4) is 0 Å². The summed E-state index contributed by atoms with van der Waals surface area (Å²) in [7, 11) is 3.14. The highest BCUT2D eigenvalue weighted by atomic mass is 16.5. The number of nitrogens with zero attached hydrogens (tertiary/aromatic N) is 5. The van der Waals surface area contributed by atoms with E-state index < -0.39 is 0 Å². The Labute approximate surface area is 190 Å². The van der Waals surface area contributed by atoms with Crippen LogP contribution >= 0.6 is 0 Å². The maximum absolute atomic E-state index is 12.2. The van der Waals surface area contributed by atoms with Gasteiger partial charge in [-0.25, -0.2) is 14.6 Å². The van der Waals surface area contributed by atoms with Gasteiger partial charge in [0.05, 0.1) is 38.3 Å². The zero-order chi connectivity index (χ0) is 23.5. The molecule has 4 rings (SSSR count). The second kappa shape index (κ2) is 9.18. The number of ether oxygens (including phenoxy) is 2. The zero-order valence-corrected chi connectivity index (χ0v) is 18.4. The number of carbonyl (C=O) groups is 1. The average molecular weight is 448 g/mol. The number of amides is 1. The number of aliphatic hydroxyl groups excluding tert-OH is 1. The van der Waals surface area contributed by atoms with Crippen molar-refractivity contribution in [2.45, 2.75) is 18.5 Å². The van der Waals surface area contributed by atoms with Crippen LogP contribution in [-0.2, 0) is 4.79 Å². The lowest BCUT2D eigenvalue weighted by atomic mass is 10.2. The number of nitrogens with two attached hydrogens (primary N) is 1. The molecule has 1 amide bonds. The smallest absolute Gasteiger partial charge is 0.246 e. The van der Waals surface area contributed by atoms with Crippen molar-refractivity contribution >= 4 is 22.8 Å². The molecule has 1 unspecified atom stereocenters. The van der Waals surface area contributed by atoms with Crippen molar-refractivity contribution in [1.29, 1.82) is 0 Å². The highest BCUT2D eigenvalue weighted by molar-refractivity contribution is 5.91. The minimum absolute atomic E-state index is 0.156. The first-order valence-electron chi connectivity index (χ1n) is 10.3. The minimum atomic E-state index is -0.335. The van der Waals surface area contributed by atoms with Crippen LogP contribution < -0.4 is 15.2 Å². The molecule has 2 atom stereocenters. The third-order valence-corrected chi connectivity index (χ3v) is 5.60. The van der Waals surface area contributed by atoms with Gasteiger partial charge in [0.25, 0.3) is 0 Å². The number of hydrogen-bond acceptors (Lipinski definition) is 8. The topological polar surface area (TPSA) is 129 Å². The van der Waals surface area contributed by atoms with Gasteiger partial charge in [-0.3, -0.25) is 4.79 Å². The molecule has 3 aromatic rings. The van der Waals surface area contributed by atoms with Gasteiger partial charge in [-0.15, -0.1) is 0 Å². The van der Waals surface area contributed by atoms with Gasteiger partial charge in [-0.2, -0.15) is 5.10 Å². The molecule has 10 heteroatoms. The predicted octanol–water partition coefficient (Wildman–Crippen LogP) is 1.15. The first kappa shape index (κ1) is 22.1. The van der Waals surface area contributed by atoms with Gasteiger partial charge in [0.15, 0.2) is 5.65 Å². The maximum atomic E-state index is 12.2. The summed E-state index contributed by atoms with van der Waals surface area (Å²) in [5, 5.41) is 15.0. The lowest BCUT2D eigenvalue weighted by Crippen LogP contribution is -2.36. The number of carbonyl (C=O) groups excluding carboxylic acids is 1. The Morgan fingerprint density at radius 2 is 2.00 bits per heavy atom. The zero-order valence-electron chi connectivity index (χ0n) is 18.4. The van der Waals surface area contributed by atoms with Gasteiger partial charge in [0, 0.05) is 18.2 Å². The maximum Gasteiger partial charge on any atom is 0.246 e. The Morgan fingerprint density at radius 1 is 1.27 bits per heavy atom. The van der Waals surface area contributed by atoms with Crippen LogP contribution in [0, 0.1) is 11.8 Å². The molecule has 1 aliphatic heterocycles. The third-order valence-electron chi connectivity index (χ3n) is 5.60. The van der Waals surface area contributed by atoms with Crippen molar-refractivity contribution < 1.29 is 19.4 Å². The first-order valence-corrected chi connectivity index (χ1v) is 10.3. The number of fused-ring (bicyclic) bond motifs is 1. The molecule has 2 aromatic heterocycles. The first-order chi connectivity index (χ1) is 16.0. The van der Waals surface area contributed by atoms with Gasteiger partial charge in [-0.05, 0) is 30.6 Å². The fraction of sp³-hybridized carbons (Fsp3) is 0.304. The van der Waals surface area contributed by atoms with E-state index in [0.717, 1.165) is 0 Å². The molecule has 3 N–H and O–H groups in total. The van der Waals surface area contributed by atoms with E-state index in [9.17, 15) is 9.90 Å². The molecule has 0 saturated carbocycles. The average Bonchev–Trinajstić information content (AvgIpc) is 3.44. The van der Waals surface area contributed by atoms with Crippen LogP contribution in [0.15, 0.2) is 37.2 Å². The molecular formula is C23H24N6O4. The summed E-state index contributed by atoms with van der Waals surface area (Å²) in [5.74, 6) is 7.39. The lowest BCUT2D eigenvalue weighted by molar-refractivity contribution is -0.127. The quantitative estimate of drug-likeness (QED) is 0.439. The summed E-state index contributed by atoms with van der Waals surface area (Å²) in [6.07, 6.45) is 3.12. The summed E-state index contributed by atoms with van der Waals surface area (Å²) < 4.78 is 12.3. The standard InChI is InChI=1S/C23H24N6O4/c1-4-20(31)28-11-15(9-16(28)12-30)29-23-21(22(24)25-13-26-23)19(27-29)6-5-14-7-17(32-2)10-18(8-14)33-3/h4,7-8,10,13,15-16,30H,1,9,11-12H2,2-3H3,(H2,24,25,26)/t15?,16-/m0/s1. The van der Waals surface area contributed by atoms with E-state index in [0.29, 0.717) is 46.8 Å². The Balaban J connectivity index is 1.77. The Morgan fingerprint density at radius 3 is 2.64 bits per heavy atom. The van der Waals surface area contributed by atoms with E-state index in [4.69, 9.17) is 15.2 Å². The Bertz CT molecular complexity index is 1250. The van der Waals surface area contributed by atoms with Crippen LogP contribution in [0.4, 0.5) is 5.82 Å². The molecule has 1 aliphatic rings. The van der Waals surface area contributed by atoms with Gasteiger partial charge in [-0.1, -0.05) is 12.5 Å². The summed E-state index contributed by atoms with van der Waals surface area (Å²) in [4.78, 5) is 22.3. The second-order valence-corrected chi connectivity index (χ2v) is 7.52. The molecule has 170 valence electrons. The number of likely N-dealkylation sites (tertiary alicyclic amines) is 1. The van der Waals surface area contributed by atoms with Crippen molar-refractivity contribution in [2.24, 2.45) is 0 Å². The van der Waals surface area contributed by atoms with Crippen LogP contribution in [0.2, 0.25) is 0 Å². The fourth-order valence-electron chi connectivity index (χ4n) is 3.98. The van der Waals surface area contributed by atoms with Crippen molar-refractivity contribution in [3.8, 4) is 23.3 Å². The lowest BCUT2D eigenvalue weighted by Gasteiger charge is -2.20. The van der Waals surface area contributed by atoms with Gasteiger partial charge < -0.3 is 25.2 Å². The monoisotopic (exact) mass is 448 g/mol. The molecule has 0 bridgehead atoms. The molecular weight excluding hydrogens is 424 g/mol. The van der Waals surface area contributed by atoms with E-state index in [2.05, 4.69) is 33.5 Å². The minimum Gasteiger partial charge on any atom is -0.497 e. The molecule has 0 spiro atoms. The number of aliphatic hydroxyl groups is 1. The second-order valence-electron chi connectivity index (χ2n) is 7.52. The van der Waals surface area contributed by atoms with Crippen LogP contribution in [0.1, 0.15) is 23.7 Å². The molecule has 10 nitrogen and oxygen atoms in total. The van der Waals surface area contributed by atoms with Crippen molar-refractivity contribution in [3.05, 3.63) is 48.4 Å². The van der Waals surface area contributed by atoms with Gasteiger partial charge in [0.1, 0.15) is 29.3 Å². The molecule has 33 heavy (non-hydrogen) atoms. The van der Waals surface area contributed by atoms with E-state index in [1.165, 1.54) is 12.4 Å². The largest absolute Gasteiger partial charge is 0.497 e. The summed E-state index contributed by atoms with van der Waals surface area (Å²) in [5.41, 5.74) is 7.76. The van der Waals surface area contributed by atoms with E-state index in [1.807, 2.05) is 0 Å². The summed E-state index contributed by atoms with van der Waals surface area (Å²) in [6.45, 7) is 3.75. The fourth-order valence-corrected chi connectivity index (χ4v) is 3.98. The number of anilines is 1. The normalized spacial score (nSPS) is 17.5. The molecule has 0 radical (unpaired) electrons. The number of benzene rings is 1. The third kappa shape index (κ3) is 4.18. The number of rotatable bonds is 5. The van der Waals surface area contributed by atoms with E-state index in [1.54, 1.807) is 42.0 Å². The molecule has 0 aliphatic carbocycles. The Hall–Kier alpha value is -4.10. The van der Waals surface area contributed by atoms with Crippen LogP contribution in [0.25, 0.3) is 11.0 Å². The molecule has 1 saturated heterocycles. The van der Waals surface area contributed by atoms with E-state index >= 15 is 0 Å². The van der Waals surface area contributed by atoms with Gasteiger partial charge in [0.2, 0.25) is 5.91 Å². The van der Waals surface area contributed by atoms with Crippen LogP contribution in [-0.4, -0.2) is 69.1 Å². The number of methoxy groups -OCH3 is 2. The molecule has 3 heterocycles. The van der Waals surface area contributed by atoms with Crippen molar-refractivity contribution in [1.82, 2.24) is 24.6 Å². The summed E-state index contributed by atoms with van der Waals surface area (Å²) >= 11 is 0. The number of nitrogen functional groups attached to an aromatic ring is 1. The summed E-state index contributed by atoms with van der Waals surface area (Å²) in [6, 6.07) is 4.79. The highest BCUT2D eigenvalue weighted by Crippen LogP contribution is 2.31. The Kier molecular flexibility index (Phi) is 6.15. The highest BCUT2D eigenvalue weighted by Gasteiger charge is 2.36.